The topological polar surface area (TPSA) is 49.4 Å². The molecule has 1 heterocycles. The first kappa shape index (κ1) is 15.5. The monoisotopic (exact) mass is 288 g/mol. The van der Waals surface area contributed by atoms with Gasteiger partial charge in [-0.05, 0) is 12.0 Å². The lowest BCUT2D eigenvalue weighted by Gasteiger charge is -2.35. The van der Waals surface area contributed by atoms with Gasteiger partial charge in [-0.25, -0.2) is 0 Å². The van der Waals surface area contributed by atoms with Crippen molar-refractivity contribution in [1.82, 2.24) is 10.2 Å². The number of hydrogen-bond acceptors (Lipinski definition) is 2. The minimum Gasteiger partial charge on any atom is -0.345 e. The van der Waals surface area contributed by atoms with E-state index >= 15 is 0 Å². The first-order chi connectivity index (χ1) is 10.2. The molecule has 1 aromatic carbocycles. The zero-order chi connectivity index (χ0) is 15.1. The van der Waals surface area contributed by atoms with Crippen LogP contribution in [0.4, 0.5) is 0 Å². The zero-order valence-electron chi connectivity index (χ0n) is 12.7. The van der Waals surface area contributed by atoms with Crippen LogP contribution in [0.5, 0.6) is 0 Å². The number of carbonyl (C=O) groups excluding carboxylic acids is 2. The molecule has 114 valence electrons. The van der Waals surface area contributed by atoms with E-state index in [0.717, 1.165) is 18.4 Å². The second-order valence-electron chi connectivity index (χ2n) is 5.53. The van der Waals surface area contributed by atoms with Crippen LogP contribution >= 0.6 is 0 Å². The van der Waals surface area contributed by atoms with E-state index in [1.54, 1.807) is 4.90 Å². The first-order valence-corrected chi connectivity index (χ1v) is 7.86. The van der Waals surface area contributed by atoms with Gasteiger partial charge in [0.15, 0.2) is 0 Å². The Bertz CT molecular complexity index is 473. The van der Waals surface area contributed by atoms with Crippen molar-refractivity contribution in [3.8, 4) is 0 Å². The molecule has 0 saturated carbocycles. The van der Waals surface area contributed by atoms with Crippen molar-refractivity contribution < 1.29 is 9.59 Å². The molecular formula is C17H24N2O2. The molecule has 1 aliphatic rings. The van der Waals surface area contributed by atoms with Gasteiger partial charge in [-0.1, -0.05) is 62.9 Å². The molecule has 2 rings (SSSR count). The van der Waals surface area contributed by atoms with Crippen LogP contribution in [0.3, 0.4) is 0 Å². The SMILES string of the molecule is CCCCCCCN1C(=O)CNC(=O)C1c1ccccc1. The highest BCUT2D eigenvalue weighted by molar-refractivity contribution is 5.95. The molecular weight excluding hydrogens is 264 g/mol. The fourth-order valence-electron chi connectivity index (χ4n) is 2.75. The van der Waals surface area contributed by atoms with Gasteiger partial charge < -0.3 is 10.2 Å². The molecule has 0 bridgehead atoms. The second-order valence-corrected chi connectivity index (χ2v) is 5.53. The largest absolute Gasteiger partial charge is 0.345 e. The Labute approximate surface area is 126 Å². The number of hydrogen-bond donors (Lipinski definition) is 1. The van der Waals surface area contributed by atoms with E-state index in [-0.39, 0.29) is 18.4 Å². The molecule has 1 aromatic rings. The molecule has 4 heteroatoms. The lowest BCUT2D eigenvalue weighted by molar-refractivity contribution is -0.146. The fraction of sp³-hybridized carbons (Fsp3) is 0.529. The van der Waals surface area contributed by atoms with Gasteiger partial charge in [-0.15, -0.1) is 0 Å². The molecule has 1 atom stereocenters. The average Bonchev–Trinajstić information content (AvgIpc) is 2.51. The van der Waals surface area contributed by atoms with Gasteiger partial charge in [0.25, 0.3) is 0 Å². The Morgan fingerprint density at radius 3 is 2.52 bits per heavy atom. The minimum absolute atomic E-state index is 0.0129. The van der Waals surface area contributed by atoms with E-state index in [1.807, 2.05) is 30.3 Å². The van der Waals surface area contributed by atoms with E-state index in [1.165, 1.54) is 19.3 Å². The number of unbranched alkanes of at least 4 members (excludes halogenated alkanes) is 4. The third-order valence-corrected chi connectivity index (χ3v) is 3.91. The highest BCUT2D eigenvalue weighted by Crippen LogP contribution is 2.24. The molecule has 1 unspecified atom stereocenters. The lowest BCUT2D eigenvalue weighted by Crippen LogP contribution is -2.53. The summed E-state index contributed by atoms with van der Waals surface area (Å²) >= 11 is 0. The second kappa shape index (κ2) is 7.81. The molecule has 1 fully saturated rings. The van der Waals surface area contributed by atoms with Crippen LogP contribution < -0.4 is 5.32 Å². The van der Waals surface area contributed by atoms with Gasteiger partial charge in [-0.3, -0.25) is 9.59 Å². The van der Waals surface area contributed by atoms with Crippen LogP contribution in [-0.4, -0.2) is 29.8 Å². The average molecular weight is 288 g/mol. The Kier molecular flexibility index (Phi) is 5.78. The summed E-state index contributed by atoms with van der Waals surface area (Å²) in [7, 11) is 0. The molecule has 21 heavy (non-hydrogen) atoms. The highest BCUT2D eigenvalue weighted by Gasteiger charge is 2.34. The molecule has 1 N–H and O–H groups in total. The van der Waals surface area contributed by atoms with Crippen LogP contribution in [-0.2, 0) is 9.59 Å². The van der Waals surface area contributed by atoms with Crippen molar-refractivity contribution in [3.05, 3.63) is 35.9 Å². The molecule has 0 aromatic heterocycles. The smallest absolute Gasteiger partial charge is 0.247 e. The quantitative estimate of drug-likeness (QED) is 0.784. The minimum atomic E-state index is -0.473. The summed E-state index contributed by atoms with van der Waals surface area (Å²) in [6.45, 7) is 2.97. The van der Waals surface area contributed by atoms with Gasteiger partial charge in [-0.2, -0.15) is 0 Å². The maximum Gasteiger partial charge on any atom is 0.247 e. The molecule has 4 nitrogen and oxygen atoms in total. The van der Waals surface area contributed by atoms with E-state index in [9.17, 15) is 9.59 Å². The standard InChI is InChI=1S/C17H24N2O2/c1-2-3-4-5-9-12-19-15(20)13-18-17(21)16(19)14-10-7-6-8-11-14/h6-8,10-11,16H,2-5,9,12-13H2,1H3,(H,18,21). The maximum absolute atomic E-state index is 12.2. The number of benzene rings is 1. The first-order valence-electron chi connectivity index (χ1n) is 7.86. The predicted octanol–water partition coefficient (Wildman–Crippen LogP) is 2.66. The van der Waals surface area contributed by atoms with E-state index in [4.69, 9.17) is 0 Å². The van der Waals surface area contributed by atoms with E-state index in [0.29, 0.717) is 6.54 Å². The Morgan fingerprint density at radius 1 is 1.10 bits per heavy atom. The van der Waals surface area contributed by atoms with Crippen LogP contribution in [0, 0.1) is 0 Å². The number of nitrogens with one attached hydrogen (secondary N) is 1. The molecule has 0 radical (unpaired) electrons. The summed E-state index contributed by atoms with van der Waals surface area (Å²) in [6.07, 6.45) is 5.71. The van der Waals surface area contributed by atoms with Crippen LogP contribution in [0.15, 0.2) is 30.3 Å². The van der Waals surface area contributed by atoms with Gasteiger partial charge in [0, 0.05) is 6.54 Å². The molecule has 2 amide bonds. The molecule has 1 saturated heterocycles. The number of amides is 2. The Balaban J connectivity index is 2.03. The number of carbonyl (C=O) groups is 2. The number of rotatable bonds is 7. The van der Waals surface area contributed by atoms with Gasteiger partial charge >= 0.3 is 0 Å². The van der Waals surface area contributed by atoms with Crippen molar-refractivity contribution in [2.24, 2.45) is 0 Å². The number of piperazine rings is 1. The van der Waals surface area contributed by atoms with Crippen LogP contribution in [0.1, 0.15) is 50.6 Å². The molecule has 0 aliphatic carbocycles. The molecule has 1 aliphatic heterocycles. The van der Waals surface area contributed by atoms with Gasteiger partial charge in [0.2, 0.25) is 11.8 Å². The summed E-state index contributed by atoms with van der Waals surface area (Å²) in [5.41, 5.74) is 0.886. The normalized spacial score (nSPS) is 18.7. The summed E-state index contributed by atoms with van der Waals surface area (Å²) < 4.78 is 0. The Morgan fingerprint density at radius 2 is 1.81 bits per heavy atom. The predicted molar refractivity (Wildman–Crippen MR) is 82.7 cm³/mol. The van der Waals surface area contributed by atoms with E-state index in [2.05, 4.69) is 12.2 Å². The summed E-state index contributed by atoms with van der Waals surface area (Å²) in [5.74, 6) is -0.0618. The number of nitrogens with zero attached hydrogens (tertiary/aromatic N) is 1. The fourth-order valence-corrected chi connectivity index (χ4v) is 2.75. The lowest BCUT2D eigenvalue weighted by atomic mass is 10.0. The summed E-state index contributed by atoms with van der Waals surface area (Å²) in [5, 5.41) is 2.69. The van der Waals surface area contributed by atoms with Crippen molar-refractivity contribution in [1.29, 1.82) is 0 Å². The van der Waals surface area contributed by atoms with Crippen molar-refractivity contribution in [2.75, 3.05) is 13.1 Å². The molecule has 0 spiro atoms. The van der Waals surface area contributed by atoms with Crippen molar-refractivity contribution in [3.63, 3.8) is 0 Å². The highest BCUT2D eigenvalue weighted by atomic mass is 16.2. The van der Waals surface area contributed by atoms with Gasteiger partial charge in [0.1, 0.15) is 6.04 Å². The van der Waals surface area contributed by atoms with Gasteiger partial charge in [0.05, 0.1) is 6.54 Å². The third-order valence-electron chi connectivity index (χ3n) is 3.91. The van der Waals surface area contributed by atoms with Crippen molar-refractivity contribution in [2.45, 2.75) is 45.1 Å². The van der Waals surface area contributed by atoms with Crippen LogP contribution in [0.25, 0.3) is 0 Å². The van der Waals surface area contributed by atoms with E-state index < -0.39 is 6.04 Å². The third kappa shape index (κ3) is 4.06. The zero-order valence-corrected chi connectivity index (χ0v) is 12.7. The van der Waals surface area contributed by atoms with Crippen LogP contribution in [0.2, 0.25) is 0 Å². The summed E-state index contributed by atoms with van der Waals surface area (Å²) in [6, 6.07) is 9.07. The Hall–Kier alpha value is -1.84. The maximum atomic E-state index is 12.2. The van der Waals surface area contributed by atoms with Crippen molar-refractivity contribution >= 4 is 11.8 Å². The summed E-state index contributed by atoms with van der Waals surface area (Å²) in [4.78, 5) is 26.1.